The molecule has 1 fully saturated rings. The van der Waals surface area contributed by atoms with E-state index in [2.05, 4.69) is 75.6 Å². The van der Waals surface area contributed by atoms with Crippen LogP contribution in [-0.2, 0) is 31.0 Å². The van der Waals surface area contributed by atoms with E-state index >= 15 is 0 Å². The van der Waals surface area contributed by atoms with Gasteiger partial charge in [-0.3, -0.25) is 0 Å². The summed E-state index contributed by atoms with van der Waals surface area (Å²) < 4.78 is 22.5. The molecule has 1 aromatic carbocycles. The summed E-state index contributed by atoms with van der Waals surface area (Å²) >= 11 is 0. The van der Waals surface area contributed by atoms with Gasteiger partial charge < -0.3 is 0 Å². The molecule has 0 aliphatic heterocycles. The average molecular weight is 322 g/mol. The molecule has 1 aromatic rings. The first-order valence-corrected chi connectivity index (χ1v) is 5.66. The second-order valence-corrected chi connectivity index (χ2v) is 3.43. The van der Waals surface area contributed by atoms with Crippen molar-refractivity contribution < 1.29 is 31.0 Å². The predicted octanol–water partition coefficient (Wildman–Crippen LogP) is 3.57. The van der Waals surface area contributed by atoms with Crippen LogP contribution in [0.5, 0.6) is 0 Å². The third-order valence-corrected chi connectivity index (χ3v) is 2.29. The van der Waals surface area contributed by atoms with Crippen molar-refractivity contribution in [3.8, 4) is 0 Å². The van der Waals surface area contributed by atoms with Gasteiger partial charge in [-0.1, -0.05) is 42.5 Å². The summed E-state index contributed by atoms with van der Waals surface area (Å²) in [4.78, 5) is 0. The number of hydrogen-bond acceptors (Lipinski definition) is 0. The molecule has 21 heavy (non-hydrogen) atoms. The van der Waals surface area contributed by atoms with Crippen LogP contribution < -0.4 is 0 Å². The molecule has 1 aliphatic rings. The van der Waals surface area contributed by atoms with Crippen LogP contribution in [0, 0.1) is 45.1 Å². The van der Waals surface area contributed by atoms with E-state index in [1.54, 1.807) is 0 Å². The van der Waals surface area contributed by atoms with E-state index in [-0.39, 0.29) is 17.1 Å². The van der Waals surface area contributed by atoms with Crippen LogP contribution in [0.3, 0.4) is 0 Å². The van der Waals surface area contributed by atoms with Gasteiger partial charge in [-0.25, -0.2) is 0 Å². The van der Waals surface area contributed by atoms with Crippen LogP contribution in [0.15, 0.2) is 36.4 Å². The molecule has 0 atom stereocenters. The molecule has 1 saturated carbocycles. The average Bonchev–Trinajstić information content (AvgIpc) is 2.60. The molecule has 0 unspecified atom stereocenters. The normalized spacial score (nSPS) is 12.9. The SMILES string of the molecule is [C-]#[O+].[C-]#[O+].[C-]#[O+].[CH]1[CH][C](/C=C/c2ccccc2)[CH]CC1.[Fe]. The first kappa shape index (κ1) is 24.7. The van der Waals surface area contributed by atoms with Crippen molar-refractivity contribution in [3.05, 3.63) is 87.1 Å². The van der Waals surface area contributed by atoms with Crippen LogP contribution in [0.4, 0.5) is 0 Å². The van der Waals surface area contributed by atoms with Gasteiger partial charge in [-0.2, -0.15) is 0 Å². The number of rotatable bonds is 2. The first-order valence-electron chi connectivity index (χ1n) is 5.66. The predicted molar refractivity (Wildman–Crippen MR) is 72.6 cm³/mol. The van der Waals surface area contributed by atoms with Gasteiger partial charge in [0.15, 0.2) is 0 Å². The standard InChI is InChI=1S/C14H14.3CO.Fe/c1-3-7-13(8-4-1)11-12-14-9-5-2-6-10-14;3*1-2;/h1,3-5,7-12H,2,6H2;;;;/b12-11+;;;;. The third kappa shape index (κ3) is 13.4. The van der Waals surface area contributed by atoms with Gasteiger partial charge >= 0.3 is 33.9 Å². The minimum Gasteiger partial charge on any atom is -0.0762 e. The summed E-state index contributed by atoms with van der Waals surface area (Å²) in [6.07, 6.45) is 13.4. The quantitative estimate of drug-likeness (QED) is 0.454. The van der Waals surface area contributed by atoms with Crippen molar-refractivity contribution in [3.63, 3.8) is 0 Å². The zero-order valence-corrected chi connectivity index (χ0v) is 12.4. The molecule has 1 aliphatic carbocycles. The largest absolute Gasteiger partial charge is 0.0762 e. The Labute approximate surface area is 137 Å². The van der Waals surface area contributed by atoms with E-state index in [1.807, 2.05) is 6.07 Å². The number of hydrogen-bond donors (Lipinski definition) is 0. The van der Waals surface area contributed by atoms with Crippen molar-refractivity contribution in [1.29, 1.82) is 0 Å². The second-order valence-electron chi connectivity index (χ2n) is 3.43. The van der Waals surface area contributed by atoms with Crippen LogP contribution in [-0.4, -0.2) is 0 Å². The maximum absolute atomic E-state index is 7.50. The van der Waals surface area contributed by atoms with Crippen LogP contribution >= 0.6 is 0 Å². The molecule has 0 heterocycles. The fourth-order valence-corrected chi connectivity index (χ4v) is 1.51. The molecule has 2 rings (SSSR count). The van der Waals surface area contributed by atoms with Crippen molar-refractivity contribution in [2.45, 2.75) is 12.8 Å². The fraction of sp³-hybridized carbons (Fsp3) is 0.118. The molecule has 0 saturated heterocycles. The zero-order valence-electron chi connectivity index (χ0n) is 11.3. The third-order valence-electron chi connectivity index (χ3n) is 2.29. The Morgan fingerprint density at radius 1 is 0.810 bits per heavy atom. The molecule has 0 N–H and O–H groups in total. The minimum atomic E-state index is 0. The van der Waals surface area contributed by atoms with Crippen molar-refractivity contribution in [2.75, 3.05) is 0 Å². The van der Waals surface area contributed by atoms with E-state index in [9.17, 15) is 0 Å². The second kappa shape index (κ2) is 21.0. The van der Waals surface area contributed by atoms with Gasteiger partial charge in [0.2, 0.25) is 0 Å². The van der Waals surface area contributed by atoms with Gasteiger partial charge in [0.05, 0.1) is 0 Å². The van der Waals surface area contributed by atoms with Gasteiger partial charge in [0, 0.05) is 23.0 Å². The Balaban J connectivity index is -0.000000414. The van der Waals surface area contributed by atoms with Gasteiger partial charge in [0.25, 0.3) is 0 Å². The Morgan fingerprint density at radius 3 is 1.86 bits per heavy atom. The number of benzene rings is 1. The number of allylic oxidation sites excluding steroid dienone is 1. The fourth-order valence-electron chi connectivity index (χ4n) is 1.51. The molecule has 0 spiro atoms. The summed E-state index contributed by atoms with van der Waals surface area (Å²) in [5, 5.41) is 0. The van der Waals surface area contributed by atoms with Crippen molar-refractivity contribution >= 4 is 6.08 Å². The summed E-state index contributed by atoms with van der Waals surface area (Å²) in [7, 11) is 0. The topological polar surface area (TPSA) is 59.7 Å². The maximum atomic E-state index is 7.50. The first-order chi connectivity index (χ1) is 9.95. The van der Waals surface area contributed by atoms with Crippen molar-refractivity contribution in [2.24, 2.45) is 0 Å². The molecular weight excluding hydrogens is 308 g/mol. The van der Waals surface area contributed by atoms with Crippen molar-refractivity contribution in [1.82, 2.24) is 0 Å². The molecule has 108 valence electrons. The molecule has 4 radical (unpaired) electrons. The minimum absolute atomic E-state index is 0. The smallest absolute Gasteiger partial charge is 0.00469 e. The summed E-state index contributed by atoms with van der Waals surface area (Å²) in [6, 6.07) is 10.4. The van der Waals surface area contributed by atoms with Crippen LogP contribution in [0.2, 0.25) is 0 Å². The monoisotopic (exact) mass is 322 g/mol. The summed E-state index contributed by atoms with van der Waals surface area (Å²) in [5.41, 5.74) is 1.26. The zero-order chi connectivity index (χ0) is 15.6. The van der Waals surface area contributed by atoms with E-state index in [4.69, 9.17) is 14.0 Å². The van der Waals surface area contributed by atoms with E-state index < -0.39 is 0 Å². The van der Waals surface area contributed by atoms with E-state index in [0.717, 1.165) is 0 Å². The van der Waals surface area contributed by atoms with Gasteiger partial charge in [0.1, 0.15) is 0 Å². The summed E-state index contributed by atoms with van der Waals surface area (Å²) in [6.45, 7) is 13.5. The molecular formula is C17H14FeO3. The molecule has 3 nitrogen and oxygen atoms in total. The Hall–Kier alpha value is -1.30. The maximum Gasteiger partial charge on any atom is 0.00469 e. The Bertz CT molecular complexity index is 387. The Kier molecular flexibility index (Phi) is 24.7. The van der Waals surface area contributed by atoms with Gasteiger partial charge in [-0.15, -0.1) is 0 Å². The van der Waals surface area contributed by atoms with Crippen LogP contribution in [0.25, 0.3) is 6.08 Å². The Morgan fingerprint density at radius 2 is 1.38 bits per heavy atom. The molecule has 0 amide bonds. The molecule has 0 aromatic heterocycles. The van der Waals surface area contributed by atoms with Crippen LogP contribution in [0.1, 0.15) is 18.4 Å². The van der Waals surface area contributed by atoms with E-state index in [1.165, 1.54) is 24.3 Å². The summed E-state index contributed by atoms with van der Waals surface area (Å²) in [5.74, 6) is 1.32. The van der Waals surface area contributed by atoms with Gasteiger partial charge in [-0.05, 0) is 37.7 Å². The molecule has 0 bridgehead atoms. The molecule has 4 heteroatoms. The van der Waals surface area contributed by atoms with E-state index in [0.29, 0.717) is 0 Å².